The van der Waals surface area contributed by atoms with Gasteiger partial charge in [-0.05, 0) is 51.8 Å². The highest BCUT2D eigenvalue weighted by molar-refractivity contribution is 6.30. The van der Waals surface area contributed by atoms with E-state index in [-0.39, 0.29) is 23.8 Å². The SMILES string of the molecule is C[C@@H]1CN(C(C)(C)CNC(=O)NCCc2cccc(Cl)c2)C[C@@H](C)O1. The van der Waals surface area contributed by atoms with E-state index in [1.54, 1.807) is 0 Å². The lowest BCUT2D eigenvalue weighted by molar-refractivity contribution is -0.0947. The van der Waals surface area contributed by atoms with Crippen molar-refractivity contribution in [1.29, 1.82) is 0 Å². The Morgan fingerprint density at radius 2 is 1.96 bits per heavy atom. The smallest absolute Gasteiger partial charge is 0.314 e. The molecule has 0 saturated carbocycles. The minimum atomic E-state index is -0.135. The number of amides is 2. The number of carbonyl (C=O) groups excluding carboxylic acids is 1. The van der Waals surface area contributed by atoms with E-state index >= 15 is 0 Å². The zero-order valence-corrected chi connectivity index (χ0v) is 16.4. The van der Waals surface area contributed by atoms with Crippen LogP contribution in [0.15, 0.2) is 24.3 Å². The number of morpholine rings is 1. The van der Waals surface area contributed by atoms with Gasteiger partial charge in [0.25, 0.3) is 0 Å². The summed E-state index contributed by atoms with van der Waals surface area (Å²) in [5, 5.41) is 6.62. The molecule has 0 spiro atoms. The molecule has 6 heteroatoms. The van der Waals surface area contributed by atoms with E-state index in [1.807, 2.05) is 24.3 Å². The van der Waals surface area contributed by atoms with Crippen molar-refractivity contribution in [3.8, 4) is 0 Å². The quantitative estimate of drug-likeness (QED) is 0.812. The van der Waals surface area contributed by atoms with Crippen LogP contribution in [0.2, 0.25) is 5.02 Å². The molecule has 2 rings (SSSR count). The Morgan fingerprint density at radius 3 is 2.60 bits per heavy atom. The summed E-state index contributed by atoms with van der Waals surface area (Å²) in [5.74, 6) is 0. The molecular formula is C19H30ClN3O2. The first-order valence-electron chi connectivity index (χ1n) is 8.93. The fraction of sp³-hybridized carbons (Fsp3) is 0.632. The lowest BCUT2D eigenvalue weighted by atomic mass is 10.00. The van der Waals surface area contributed by atoms with Gasteiger partial charge in [-0.2, -0.15) is 0 Å². The van der Waals surface area contributed by atoms with Crippen LogP contribution in [0.3, 0.4) is 0 Å². The fourth-order valence-electron chi connectivity index (χ4n) is 3.16. The summed E-state index contributed by atoms with van der Waals surface area (Å²) < 4.78 is 5.79. The highest BCUT2D eigenvalue weighted by atomic mass is 35.5. The Bertz CT molecular complexity index is 570. The van der Waals surface area contributed by atoms with E-state index in [4.69, 9.17) is 16.3 Å². The van der Waals surface area contributed by atoms with Gasteiger partial charge in [0.2, 0.25) is 0 Å². The molecule has 1 aliphatic rings. The number of rotatable bonds is 6. The molecule has 2 N–H and O–H groups in total. The number of nitrogens with zero attached hydrogens (tertiary/aromatic N) is 1. The van der Waals surface area contributed by atoms with Crippen LogP contribution in [0, 0.1) is 0 Å². The van der Waals surface area contributed by atoms with Crippen molar-refractivity contribution in [2.75, 3.05) is 26.2 Å². The zero-order valence-electron chi connectivity index (χ0n) is 15.6. The summed E-state index contributed by atoms with van der Waals surface area (Å²) in [6.45, 7) is 11.4. The average Bonchev–Trinajstić information content (AvgIpc) is 2.52. The van der Waals surface area contributed by atoms with Crippen molar-refractivity contribution < 1.29 is 9.53 Å². The van der Waals surface area contributed by atoms with Crippen molar-refractivity contribution in [3.63, 3.8) is 0 Å². The molecule has 2 amide bonds. The molecule has 0 unspecified atom stereocenters. The third-order valence-corrected chi connectivity index (χ3v) is 4.78. The highest BCUT2D eigenvalue weighted by Crippen LogP contribution is 2.20. The summed E-state index contributed by atoms with van der Waals surface area (Å²) in [6.07, 6.45) is 1.19. The average molecular weight is 368 g/mol. The van der Waals surface area contributed by atoms with E-state index in [0.29, 0.717) is 13.1 Å². The van der Waals surface area contributed by atoms with Gasteiger partial charge < -0.3 is 15.4 Å². The van der Waals surface area contributed by atoms with Crippen LogP contribution < -0.4 is 10.6 Å². The van der Waals surface area contributed by atoms with Gasteiger partial charge in [-0.25, -0.2) is 4.79 Å². The molecule has 1 fully saturated rings. The maximum Gasteiger partial charge on any atom is 0.314 e. The van der Waals surface area contributed by atoms with Gasteiger partial charge >= 0.3 is 6.03 Å². The van der Waals surface area contributed by atoms with Crippen LogP contribution in [0.5, 0.6) is 0 Å². The van der Waals surface area contributed by atoms with Crippen LogP contribution in [-0.4, -0.2) is 54.9 Å². The summed E-state index contributed by atoms with van der Waals surface area (Å²) in [5.41, 5.74) is 1.00. The first-order chi connectivity index (χ1) is 11.8. The largest absolute Gasteiger partial charge is 0.373 e. The Kier molecular flexibility index (Phi) is 7.11. The second-order valence-electron chi connectivity index (χ2n) is 7.46. The number of hydrogen-bond acceptors (Lipinski definition) is 3. The van der Waals surface area contributed by atoms with E-state index in [2.05, 4.69) is 43.2 Å². The molecule has 0 aliphatic carbocycles. The summed E-state index contributed by atoms with van der Waals surface area (Å²) in [6, 6.07) is 7.57. The highest BCUT2D eigenvalue weighted by Gasteiger charge is 2.33. The van der Waals surface area contributed by atoms with Crippen molar-refractivity contribution in [3.05, 3.63) is 34.9 Å². The molecule has 1 aromatic carbocycles. The molecule has 0 bridgehead atoms. The number of benzene rings is 1. The molecule has 25 heavy (non-hydrogen) atoms. The molecular weight excluding hydrogens is 338 g/mol. The van der Waals surface area contributed by atoms with Crippen LogP contribution in [0.25, 0.3) is 0 Å². The molecule has 0 radical (unpaired) electrons. The van der Waals surface area contributed by atoms with Crippen LogP contribution in [0.4, 0.5) is 4.79 Å². The monoisotopic (exact) mass is 367 g/mol. The minimum absolute atomic E-state index is 0.114. The van der Waals surface area contributed by atoms with Crippen LogP contribution in [0.1, 0.15) is 33.3 Å². The van der Waals surface area contributed by atoms with Gasteiger partial charge in [-0.15, -0.1) is 0 Å². The number of urea groups is 1. The number of carbonyl (C=O) groups is 1. The molecule has 1 aliphatic heterocycles. The maximum atomic E-state index is 12.1. The number of ether oxygens (including phenoxy) is 1. The van der Waals surface area contributed by atoms with Crippen LogP contribution in [-0.2, 0) is 11.2 Å². The van der Waals surface area contributed by atoms with Crippen molar-refractivity contribution in [2.24, 2.45) is 0 Å². The lowest BCUT2D eigenvalue weighted by Crippen LogP contribution is -2.59. The van der Waals surface area contributed by atoms with Crippen molar-refractivity contribution in [2.45, 2.75) is 51.9 Å². The van der Waals surface area contributed by atoms with E-state index in [1.165, 1.54) is 0 Å². The second kappa shape index (κ2) is 8.88. The molecule has 1 saturated heterocycles. The van der Waals surface area contributed by atoms with Gasteiger partial charge in [0.1, 0.15) is 0 Å². The molecule has 5 nitrogen and oxygen atoms in total. The lowest BCUT2D eigenvalue weighted by Gasteiger charge is -2.45. The van der Waals surface area contributed by atoms with Gasteiger partial charge in [0.15, 0.2) is 0 Å². The Labute approximate surface area is 156 Å². The van der Waals surface area contributed by atoms with E-state index in [0.717, 1.165) is 30.1 Å². The predicted octanol–water partition coefficient (Wildman–Crippen LogP) is 3.07. The third-order valence-electron chi connectivity index (χ3n) is 4.55. The topological polar surface area (TPSA) is 53.6 Å². The zero-order chi connectivity index (χ0) is 18.4. The van der Waals surface area contributed by atoms with Gasteiger partial charge in [0, 0.05) is 36.7 Å². The summed E-state index contributed by atoms with van der Waals surface area (Å²) >= 11 is 5.97. The molecule has 1 aromatic rings. The predicted molar refractivity (Wildman–Crippen MR) is 102 cm³/mol. The summed E-state index contributed by atoms with van der Waals surface area (Å²) in [4.78, 5) is 14.5. The Balaban J connectivity index is 1.73. The summed E-state index contributed by atoms with van der Waals surface area (Å²) in [7, 11) is 0. The molecule has 1 heterocycles. The third kappa shape index (κ3) is 6.49. The fourth-order valence-corrected chi connectivity index (χ4v) is 3.37. The first-order valence-corrected chi connectivity index (χ1v) is 9.31. The van der Waals surface area contributed by atoms with E-state index < -0.39 is 0 Å². The Hall–Kier alpha value is -1.30. The molecule has 140 valence electrons. The number of hydrogen-bond donors (Lipinski definition) is 2. The molecule has 2 atom stereocenters. The second-order valence-corrected chi connectivity index (χ2v) is 7.90. The minimum Gasteiger partial charge on any atom is -0.373 e. The molecule has 0 aromatic heterocycles. The van der Waals surface area contributed by atoms with Crippen molar-refractivity contribution in [1.82, 2.24) is 15.5 Å². The van der Waals surface area contributed by atoms with Gasteiger partial charge in [0.05, 0.1) is 12.2 Å². The van der Waals surface area contributed by atoms with E-state index in [9.17, 15) is 4.79 Å². The maximum absolute atomic E-state index is 12.1. The number of nitrogens with one attached hydrogen (secondary N) is 2. The van der Waals surface area contributed by atoms with Gasteiger partial charge in [-0.3, -0.25) is 4.90 Å². The van der Waals surface area contributed by atoms with Crippen molar-refractivity contribution >= 4 is 17.6 Å². The van der Waals surface area contributed by atoms with Gasteiger partial charge in [-0.1, -0.05) is 23.7 Å². The number of halogens is 1. The normalized spacial score (nSPS) is 21.8. The Morgan fingerprint density at radius 1 is 1.28 bits per heavy atom. The standard InChI is InChI=1S/C19H30ClN3O2/c1-14-11-23(12-15(2)25-14)19(3,4)13-22-18(24)21-9-8-16-6-5-7-17(20)10-16/h5-7,10,14-15H,8-9,11-13H2,1-4H3,(H2,21,22,24)/t14-,15-/m1/s1. The first kappa shape index (κ1) is 20.0. The van der Waals surface area contributed by atoms with Crippen LogP contribution >= 0.6 is 11.6 Å².